The Morgan fingerprint density at radius 2 is 1.97 bits per heavy atom. The summed E-state index contributed by atoms with van der Waals surface area (Å²) in [7, 11) is 0. The molecule has 1 aliphatic heterocycles. The Bertz CT molecular complexity index is 1060. The van der Waals surface area contributed by atoms with Crippen molar-refractivity contribution >= 4 is 28.9 Å². The lowest BCUT2D eigenvalue weighted by Gasteiger charge is -2.38. The van der Waals surface area contributed by atoms with E-state index in [2.05, 4.69) is 59.2 Å². The Kier molecular flexibility index (Phi) is 6.79. The molecule has 4 nitrogen and oxygen atoms in total. The predicted molar refractivity (Wildman–Crippen MR) is 138 cm³/mol. The number of hydrogen-bond acceptors (Lipinski definition) is 4. The first-order valence-corrected chi connectivity index (χ1v) is 13.4. The van der Waals surface area contributed by atoms with Gasteiger partial charge in [0.2, 0.25) is 0 Å². The standard InChI is InChI=1S/C28H35N3OS/c1-3-16-31(19-21-12-13-21)23-14-17-30(18-15-23)28(32)26-20(2)29-27(33-26)25-11-7-5-9-22-8-4-6-10-24(22)25/h4-6,8-11,21,23H,3,7,12-19H2,1-2H3. The van der Waals surface area contributed by atoms with E-state index in [1.165, 1.54) is 43.5 Å². The largest absolute Gasteiger partial charge is 0.338 e. The number of fused-ring (bicyclic) bond motifs is 1. The first kappa shape index (κ1) is 22.5. The highest BCUT2D eigenvalue weighted by atomic mass is 32.1. The highest BCUT2D eigenvalue weighted by Gasteiger charge is 2.32. The molecule has 2 heterocycles. The number of hydrogen-bond donors (Lipinski definition) is 0. The lowest BCUT2D eigenvalue weighted by molar-refractivity contribution is 0.0615. The number of rotatable bonds is 7. The third-order valence-corrected chi connectivity index (χ3v) is 8.37. The fourth-order valence-electron chi connectivity index (χ4n) is 5.21. The molecule has 3 aliphatic rings. The van der Waals surface area contributed by atoms with Gasteiger partial charge in [-0.25, -0.2) is 4.98 Å². The molecule has 1 amide bonds. The van der Waals surface area contributed by atoms with Crippen LogP contribution in [0.25, 0.3) is 11.6 Å². The maximum absolute atomic E-state index is 13.5. The summed E-state index contributed by atoms with van der Waals surface area (Å²) >= 11 is 1.56. The molecular formula is C28H35N3OS. The third-order valence-electron chi connectivity index (χ3n) is 7.20. The molecule has 0 bridgehead atoms. The molecule has 0 radical (unpaired) electrons. The van der Waals surface area contributed by atoms with Crippen molar-refractivity contribution in [2.45, 2.75) is 58.4 Å². The number of nitrogens with zero attached hydrogens (tertiary/aromatic N) is 3. The van der Waals surface area contributed by atoms with Crippen molar-refractivity contribution in [1.82, 2.24) is 14.8 Å². The normalized spacial score (nSPS) is 18.9. The van der Waals surface area contributed by atoms with E-state index in [-0.39, 0.29) is 5.91 Å². The lowest BCUT2D eigenvalue weighted by Crippen LogP contribution is -2.47. The molecule has 0 unspecified atom stereocenters. The number of carbonyl (C=O) groups excluding carboxylic acids is 1. The molecule has 33 heavy (non-hydrogen) atoms. The number of aromatic nitrogens is 1. The monoisotopic (exact) mass is 461 g/mol. The minimum absolute atomic E-state index is 0.166. The van der Waals surface area contributed by atoms with Crippen LogP contribution in [0.4, 0.5) is 0 Å². The zero-order valence-electron chi connectivity index (χ0n) is 19.9. The van der Waals surface area contributed by atoms with Crippen LogP contribution in [0.1, 0.15) is 76.9 Å². The Labute approximate surface area is 202 Å². The van der Waals surface area contributed by atoms with Gasteiger partial charge in [0.25, 0.3) is 5.91 Å². The summed E-state index contributed by atoms with van der Waals surface area (Å²) in [6, 6.07) is 9.08. The second kappa shape index (κ2) is 9.94. The van der Waals surface area contributed by atoms with E-state index in [0.717, 1.165) is 59.4 Å². The van der Waals surface area contributed by atoms with Crippen LogP contribution >= 0.6 is 11.3 Å². The Morgan fingerprint density at radius 3 is 2.73 bits per heavy atom. The molecule has 2 aromatic rings. The predicted octanol–water partition coefficient (Wildman–Crippen LogP) is 6.03. The first-order valence-electron chi connectivity index (χ1n) is 12.6. The topological polar surface area (TPSA) is 36.4 Å². The minimum atomic E-state index is 0.166. The van der Waals surface area contributed by atoms with Gasteiger partial charge in [-0.05, 0) is 69.0 Å². The molecule has 2 aliphatic carbocycles. The van der Waals surface area contributed by atoms with E-state index in [9.17, 15) is 4.79 Å². The van der Waals surface area contributed by atoms with Crippen LogP contribution < -0.4 is 0 Å². The van der Waals surface area contributed by atoms with Gasteiger partial charge in [0, 0.05) is 31.2 Å². The van der Waals surface area contributed by atoms with Gasteiger partial charge in [-0.1, -0.05) is 49.4 Å². The summed E-state index contributed by atoms with van der Waals surface area (Å²) in [5.41, 5.74) is 4.43. The molecule has 0 spiro atoms. The zero-order chi connectivity index (χ0) is 22.8. The fourth-order valence-corrected chi connectivity index (χ4v) is 6.30. The van der Waals surface area contributed by atoms with Crippen molar-refractivity contribution in [3.63, 3.8) is 0 Å². The van der Waals surface area contributed by atoms with Gasteiger partial charge in [0.15, 0.2) is 0 Å². The van der Waals surface area contributed by atoms with E-state index in [0.29, 0.717) is 6.04 Å². The summed E-state index contributed by atoms with van der Waals surface area (Å²) in [5.74, 6) is 1.09. The van der Waals surface area contributed by atoms with Gasteiger partial charge >= 0.3 is 0 Å². The number of amides is 1. The SMILES string of the molecule is CCCN(CC1CC1)C1CCN(C(=O)c2sc(C3=CCC=Cc4ccccc43)nc2C)CC1. The summed E-state index contributed by atoms with van der Waals surface area (Å²) in [6.45, 7) is 8.43. The Hall–Kier alpha value is -2.24. The molecule has 1 aromatic carbocycles. The maximum atomic E-state index is 13.5. The maximum Gasteiger partial charge on any atom is 0.265 e. The number of aryl methyl sites for hydroxylation is 1. The third kappa shape index (κ3) is 4.99. The van der Waals surface area contributed by atoms with Crippen LogP contribution in [0.2, 0.25) is 0 Å². The molecule has 0 N–H and O–H groups in total. The van der Waals surface area contributed by atoms with Crippen molar-refractivity contribution in [2.24, 2.45) is 5.92 Å². The van der Waals surface area contributed by atoms with Crippen molar-refractivity contribution in [3.05, 3.63) is 63.1 Å². The van der Waals surface area contributed by atoms with E-state index in [1.807, 2.05) is 6.92 Å². The quantitative estimate of drug-likeness (QED) is 0.505. The average molecular weight is 462 g/mol. The smallest absolute Gasteiger partial charge is 0.265 e. The molecule has 1 saturated heterocycles. The molecule has 5 heteroatoms. The van der Waals surface area contributed by atoms with Crippen molar-refractivity contribution in [3.8, 4) is 0 Å². The highest BCUT2D eigenvalue weighted by molar-refractivity contribution is 7.15. The van der Waals surface area contributed by atoms with Gasteiger partial charge in [-0.2, -0.15) is 0 Å². The lowest BCUT2D eigenvalue weighted by atomic mass is 10.0. The van der Waals surface area contributed by atoms with Crippen molar-refractivity contribution < 1.29 is 4.79 Å². The molecule has 0 atom stereocenters. The van der Waals surface area contributed by atoms with Crippen LogP contribution in [-0.2, 0) is 0 Å². The van der Waals surface area contributed by atoms with Crippen LogP contribution in [0.5, 0.6) is 0 Å². The summed E-state index contributed by atoms with van der Waals surface area (Å²) in [5, 5.41) is 0.959. The van der Waals surface area contributed by atoms with E-state index in [1.54, 1.807) is 11.3 Å². The summed E-state index contributed by atoms with van der Waals surface area (Å²) < 4.78 is 0. The van der Waals surface area contributed by atoms with Crippen molar-refractivity contribution in [1.29, 1.82) is 0 Å². The van der Waals surface area contributed by atoms with Gasteiger partial charge < -0.3 is 4.90 Å². The van der Waals surface area contributed by atoms with Crippen molar-refractivity contribution in [2.75, 3.05) is 26.2 Å². The van der Waals surface area contributed by atoms with Crippen LogP contribution in [-0.4, -0.2) is 52.9 Å². The summed E-state index contributed by atoms with van der Waals surface area (Å²) in [4.78, 5) is 23.9. The van der Waals surface area contributed by atoms with Gasteiger partial charge in [-0.3, -0.25) is 9.69 Å². The van der Waals surface area contributed by atoms with Crippen LogP contribution in [0.3, 0.4) is 0 Å². The number of piperidine rings is 1. The highest BCUT2D eigenvalue weighted by Crippen LogP contribution is 2.35. The number of allylic oxidation sites excluding steroid dienone is 2. The molecule has 174 valence electrons. The molecule has 1 aromatic heterocycles. The van der Waals surface area contributed by atoms with Gasteiger partial charge in [-0.15, -0.1) is 11.3 Å². The van der Waals surface area contributed by atoms with Crippen LogP contribution in [0.15, 0.2) is 36.4 Å². The number of likely N-dealkylation sites (tertiary alicyclic amines) is 1. The summed E-state index contributed by atoms with van der Waals surface area (Å²) in [6.07, 6.45) is 13.7. The van der Waals surface area contributed by atoms with E-state index in [4.69, 9.17) is 4.98 Å². The van der Waals surface area contributed by atoms with E-state index >= 15 is 0 Å². The molecular weight excluding hydrogens is 426 g/mol. The molecule has 5 rings (SSSR count). The van der Waals surface area contributed by atoms with Gasteiger partial charge in [0.05, 0.1) is 5.69 Å². The first-order chi connectivity index (χ1) is 16.1. The number of benzene rings is 1. The molecule has 2 fully saturated rings. The van der Waals surface area contributed by atoms with Crippen LogP contribution in [0, 0.1) is 12.8 Å². The fraction of sp³-hybridized carbons (Fsp3) is 0.500. The second-order valence-electron chi connectivity index (χ2n) is 9.74. The minimum Gasteiger partial charge on any atom is -0.338 e. The van der Waals surface area contributed by atoms with E-state index < -0.39 is 0 Å². The Balaban J connectivity index is 1.29. The second-order valence-corrected chi connectivity index (χ2v) is 10.7. The zero-order valence-corrected chi connectivity index (χ0v) is 20.7. The Morgan fingerprint density at radius 1 is 1.18 bits per heavy atom. The number of thiazole rings is 1. The van der Waals surface area contributed by atoms with Gasteiger partial charge in [0.1, 0.15) is 9.88 Å². The number of carbonyl (C=O) groups is 1. The molecule has 1 saturated carbocycles. The average Bonchev–Trinajstić information content (AvgIpc) is 3.61.